The Morgan fingerprint density at radius 2 is 1.95 bits per heavy atom. The molecular weight excluding hydrogens is 272 g/mol. The number of urea groups is 1. The summed E-state index contributed by atoms with van der Waals surface area (Å²) >= 11 is 5.73. The molecule has 3 N–H and O–H groups in total. The fourth-order valence-corrected chi connectivity index (χ4v) is 2.13. The summed E-state index contributed by atoms with van der Waals surface area (Å²) in [5.74, 6) is -1.12. The molecule has 1 aromatic rings. The van der Waals surface area contributed by atoms with Gasteiger partial charge in [0, 0.05) is 23.7 Å². The Kier molecular flexibility index (Phi) is 3.92. The van der Waals surface area contributed by atoms with E-state index in [0.717, 1.165) is 4.90 Å². The van der Waals surface area contributed by atoms with E-state index in [2.05, 4.69) is 5.32 Å². The van der Waals surface area contributed by atoms with Crippen LogP contribution in [0.1, 0.15) is 6.42 Å². The number of aliphatic carboxylic acids is 1. The minimum atomic E-state index is -1.12. The van der Waals surface area contributed by atoms with Gasteiger partial charge in [-0.25, -0.2) is 9.59 Å². The summed E-state index contributed by atoms with van der Waals surface area (Å²) in [5, 5.41) is 21.6. The third kappa shape index (κ3) is 3.15. The van der Waals surface area contributed by atoms with Crippen LogP contribution in [0.15, 0.2) is 24.3 Å². The first kappa shape index (κ1) is 13.6. The molecule has 0 radical (unpaired) electrons. The van der Waals surface area contributed by atoms with Crippen molar-refractivity contribution in [1.82, 2.24) is 4.90 Å². The topological polar surface area (TPSA) is 89.9 Å². The van der Waals surface area contributed by atoms with Crippen LogP contribution in [0.3, 0.4) is 0 Å². The average molecular weight is 285 g/mol. The molecule has 0 unspecified atom stereocenters. The second kappa shape index (κ2) is 5.46. The highest BCUT2D eigenvalue weighted by molar-refractivity contribution is 6.30. The van der Waals surface area contributed by atoms with E-state index in [4.69, 9.17) is 16.7 Å². The average Bonchev–Trinajstić information content (AvgIpc) is 2.74. The van der Waals surface area contributed by atoms with Crippen molar-refractivity contribution in [3.63, 3.8) is 0 Å². The van der Waals surface area contributed by atoms with Crippen molar-refractivity contribution in [3.05, 3.63) is 29.3 Å². The molecule has 7 heteroatoms. The van der Waals surface area contributed by atoms with E-state index in [-0.39, 0.29) is 13.0 Å². The van der Waals surface area contributed by atoms with E-state index in [1.54, 1.807) is 24.3 Å². The maximum atomic E-state index is 12.0. The molecule has 1 aliphatic rings. The Morgan fingerprint density at radius 1 is 1.32 bits per heavy atom. The number of carboxylic acids is 1. The van der Waals surface area contributed by atoms with Crippen LogP contribution in [0, 0.1) is 0 Å². The Morgan fingerprint density at radius 3 is 2.53 bits per heavy atom. The summed E-state index contributed by atoms with van der Waals surface area (Å²) in [4.78, 5) is 24.1. The summed E-state index contributed by atoms with van der Waals surface area (Å²) in [6.07, 6.45) is -0.763. The maximum absolute atomic E-state index is 12.0. The lowest BCUT2D eigenvalue weighted by Gasteiger charge is -2.21. The Balaban J connectivity index is 2.06. The van der Waals surface area contributed by atoms with Crippen molar-refractivity contribution >= 4 is 29.3 Å². The van der Waals surface area contributed by atoms with Crippen LogP contribution in [0.25, 0.3) is 0 Å². The first-order valence-electron chi connectivity index (χ1n) is 5.71. The first-order valence-corrected chi connectivity index (χ1v) is 6.09. The van der Waals surface area contributed by atoms with E-state index in [0.29, 0.717) is 10.7 Å². The van der Waals surface area contributed by atoms with E-state index >= 15 is 0 Å². The zero-order valence-corrected chi connectivity index (χ0v) is 10.7. The molecule has 1 aliphatic heterocycles. The van der Waals surface area contributed by atoms with Crippen LogP contribution in [-0.4, -0.2) is 45.8 Å². The van der Waals surface area contributed by atoms with E-state index in [1.807, 2.05) is 0 Å². The molecule has 1 fully saturated rings. The summed E-state index contributed by atoms with van der Waals surface area (Å²) in [5.41, 5.74) is 0.514. The molecule has 1 heterocycles. The van der Waals surface area contributed by atoms with Gasteiger partial charge in [0.1, 0.15) is 6.04 Å². The lowest BCUT2D eigenvalue weighted by molar-refractivity contribution is -0.141. The smallest absolute Gasteiger partial charge is 0.326 e. The summed E-state index contributed by atoms with van der Waals surface area (Å²) < 4.78 is 0. The van der Waals surface area contributed by atoms with Gasteiger partial charge in [-0.3, -0.25) is 0 Å². The number of β-amino-alcohol motifs (C(OH)–C–C–N with tert-alkyl or cyclic N) is 1. The van der Waals surface area contributed by atoms with Crippen LogP contribution in [0.5, 0.6) is 0 Å². The first-order chi connectivity index (χ1) is 8.97. The fourth-order valence-electron chi connectivity index (χ4n) is 2.00. The molecule has 0 spiro atoms. The van der Waals surface area contributed by atoms with Gasteiger partial charge in [0.05, 0.1) is 6.10 Å². The van der Waals surface area contributed by atoms with Crippen LogP contribution < -0.4 is 5.32 Å². The van der Waals surface area contributed by atoms with Gasteiger partial charge in [-0.2, -0.15) is 0 Å². The van der Waals surface area contributed by atoms with Crippen LogP contribution in [-0.2, 0) is 4.79 Å². The molecule has 0 bridgehead atoms. The zero-order valence-electron chi connectivity index (χ0n) is 9.91. The molecule has 0 aliphatic carbocycles. The van der Waals surface area contributed by atoms with Crippen LogP contribution in [0.2, 0.25) is 5.02 Å². The number of nitrogens with one attached hydrogen (secondary N) is 1. The van der Waals surface area contributed by atoms with Gasteiger partial charge in [-0.05, 0) is 24.3 Å². The summed E-state index contributed by atoms with van der Waals surface area (Å²) in [6.45, 7) is 0.0103. The Labute approximate surface area is 114 Å². The zero-order chi connectivity index (χ0) is 14.0. The van der Waals surface area contributed by atoms with Crippen molar-refractivity contribution in [2.75, 3.05) is 11.9 Å². The molecular formula is C12H13ClN2O4. The molecule has 0 aromatic heterocycles. The van der Waals surface area contributed by atoms with Gasteiger partial charge in [-0.1, -0.05) is 11.6 Å². The molecule has 1 aromatic carbocycles. The van der Waals surface area contributed by atoms with Gasteiger partial charge >= 0.3 is 12.0 Å². The van der Waals surface area contributed by atoms with Crippen molar-refractivity contribution < 1.29 is 19.8 Å². The minimum Gasteiger partial charge on any atom is -0.480 e. The number of likely N-dealkylation sites (tertiary alicyclic amines) is 1. The number of aliphatic hydroxyl groups excluding tert-OH is 1. The van der Waals surface area contributed by atoms with E-state index < -0.39 is 24.1 Å². The monoisotopic (exact) mass is 284 g/mol. The van der Waals surface area contributed by atoms with Crippen molar-refractivity contribution in [2.24, 2.45) is 0 Å². The number of anilines is 1. The van der Waals surface area contributed by atoms with Crippen LogP contribution >= 0.6 is 11.6 Å². The highest BCUT2D eigenvalue weighted by Gasteiger charge is 2.38. The number of hydrogen-bond donors (Lipinski definition) is 3. The molecule has 1 saturated heterocycles. The molecule has 102 valence electrons. The van der Waals surface area contributed by atoms with Crippen molar-refractivity contribution in [1.29, 1.82) is 0 Å². The van der Waals surface area contributed by atoms with Gasteiger partial charge in [0.25, 0.3) is 0 Å². The highest BCUT2D eigenvalue weighted by Crippen LogP contribution is 2.20. The van der Waals surface area contributed by atoms with Crippen molar-refractivity contribution in [3.8, 4) is 0 Å². The Bertz CT molecular complexity index is 491. The lowest BCUT2D eigenvalue weighted by atomic mass is 10.2. The van der Waals surface area contributed by atoms with Crippen LogP contribution in [0.4, 0.5) is 10.5 Å². The predicted octanol–water partition coefficient (Wildman–Crippen LogP) is 1.39. The molecule has 6 nitrogen and oxygen atoms in total. The van der Waals surface area contributed by atoms with E-state index in [9.17, 15) is 14.7 Å². The quantitative estimate of drug-likeness (QED) is 0.765. The molecule has 2 rings (SSSR count). The third-order valence-electron chi connectivity index (χ3n) is 2.92. The number of benzene rings is 1. The van der Waals surface area contributed by atoms with Crippen molar-refractivity contribution in [2.45, 2.75) is 18.6 Å². The van der Waals surface area contributed by atoms with Gasteiger partial charge < -0.3 is 20.4 Å². The second-order valence-electron chi connectivity index (χ2n) is 4.33. The number of aliphatic hydroxyl groups is 1. The van der Waals surface area contributed by atoms with Gasteiger partial charge in [0.15, 0.2) is 0 Å². The van der Waals surface area contributed by atoms with Gasteiger partial charge in [0.2, 0.25) is 0 Å². The fraction of sp³-hybridized carbons (Fsp3) is 0.333. The minimum absolute atomic E-state index is 0.0103. The maximum Gasteiger partial charge on any atom is 0.326 e. The number of carbonyl (C=O) groups is 2. The van der Waals surface area contributed by atoms with E-state index in [1.165, 1.54) is 0 Å². The Hall–Kier alpha value is -1.79. The number of hydrogen-bond acceptors (Lipinski definition) is 3. The summed E-state index contributed by atoms with van der Waals surface area (Å²) in [6, 6.07) is 4.91. The second-order valence-corrected chi connectivity index (χ2v) is 4.77. The number of amides is 2. The molecule has 2 amide bonds. The highest BCUT2D eigenvalue weighted by atomic mass is 35.5. The van der Waals surface area contributed by atoms with Gasteiger partial charge in [-0.15, -0.1) is 0 Å². The number of carboxylic acid groups (broad SMARTS) is 1. The number of carbonyl (C=O) groups excluding carboxylic acids is 1. The molecule has 0 saturated carbocycles. The standard InChI is InChI=1S/C12H13ClN2O4/c13-7-1-3-8(4-2-7)14-12(19)15-6-9(16)5-10(15)11(17)18/h1-4,9-10,16H,5-6H2,(H,14,19)(H,17,18)/t9-,10-/m1/s1. The molecule has 19 heavy (non-hydrogen) atoms. The number of nitrogens with zero attached hydrogens (tertiary/aromatic N) is 1. The largest absolute Gasteiger partial charge is 0.480 e. The number of halogens is 1. The molecule has 2 atom stereocenters. The summed E-state index contributed by atoms with van der Waals surface area (Å²) in [7, 11) is 0. The number of rotatable bonds is 2. The SMILES string of the molecule is O=C(O)[C@H]1C[C@@H](O)CN1C(=O)Nc1ccc(Cl)cc1. The lowest BCUT2D eigenvalue weighted by Crippen LogP contribution is -2.43. The predicted molar refractivity (Wildman–Crippen MR) is 69.2 cm³/mol. The normalized spacial score (nSPS) is 22.3. The third-order valence-corrected chi connectivity index (χ3v) is 3.17.